The minimum Gasteiger partial charge on any atom is -0.497 e. The third kappa shape index (κ3) is 3.57. The second-order valence-electron chi connectivity index (χ2n) is 6.02. The van der Waals surface area contributed by atoms with Crippen LogP contribution in [0, 0.1) is 6.92 Å². The first kappa shape index (κ1) is 16.1. The van der Waals surface area contributed by atoms with Gasteiger partial charge in [-0.15, -0.1) is 0 Å². The summed E-state index contributed by atoms with van der Waals surface area (Å²) >= 11 is 0. The fraction of sp³-hybridized carbons (Fsp3) is 0.190. The highest BCUT2D eigenvalue weighted by Gasteiger charge is 2.19. The van der Waals surface area contributed by atoms with Crippen LogP contribution in [0.1, 0.15) is 28.3 Å². The molecule has 0 bridgehead atoms. The number of rotatable bonds is 5. The highest BCUT2D eigenvalue weighted by atomic mass is 16.5. The summed E-state index contributed by atoms with van der Waals surface area (Å²) in [5.41, 5.74) is 11.0. The van der Waals surface area contributed by atoms with Gasteiger partial charge in [0, 0.05) is 12.0 Å². The normalized spacial score (nSPS) is 11.9. The summed E-state index contributed by atoms with van der Waals surface area (Å²) in [6.07, 6.45) is 0.916. The average molecular weight is 319 g/mol. The van der Waals surface area contributed by atoms with Gasteiger partial charge in [-0.1, -0.05) is 42.5 Å². The van der Waals surface area contributed by atoms with E-state index in [1.807, 2.05) is 24.3 Å². The summed E-state index contributed by atoms with van der Waals surface area (Å²) in [6.45, 7) is 2.16. The number of ether oxygens (including phenoxy) is 1. The van der Waals surface area contributed by atoms with Gasteiger partial charge in [0.1, 0.15) is 11.4 Å². The molecule has 3 rings (SSSR count). The number of aromatic amines is 1. The molecule has 0 amide bonds. The van der Waals surface area contributed by atoms with Crippen molar-refractivity contribution in [2.75, 3.05) is 12.8 Å². The Kier molecular flexibility index (Phi) is 4.80. The van der Waals surface area contributed by atoms with Crippen LogP contribution in [-0.2, 0) is 6.42 Å². The number of hydrogen-bond acceptors (Lipinski definition) is 2. The highest BCUT2D eigenvalue weighted by Crippen LogP contribution is 2.28. The molecular weight excluding hydrogens is 296 g/mol. The molecule has 0 saturated heterocycles. The summed E-state index contributed by atoms with van der Waals surface area (Å²) in [6, 6.07) is 22.8. The molecule has 0 aliphatic heterocycles. The van der Waals surface area contributed by atoms with E-state index in [-0.39, 0.29) is 5.92 Å². The molecule has 1 atom stereocenters. The van der Waals surface area contributed by atoms with E-state index < -0.39 is 0 Å². The summed E-state index contributed by atoms with van der Waals surface area (Å²) in [7, 11) is 1.69. The predicted octanol–water partition coefficient (Wildman–Crippen LogP) is 3.77. The lowest BCUT2D eigenvalue weighted by Crippen LogP contribution is -2.21. The molecule has 1 aromatic heterocycles. The van der Waals surface area contributed by atoms with Crippen molar-refractivity contribution in [2.24, 2.45) is 0 Å². The van der Waals surface area contributed by atoms with Gasteiger partial charge in [0.05, 0.1) is 7.11 Å². The van der Waals surface area contributed by atoms with Crippen LogP contribution in [0.2, 0.25) is 0 Å². The monoisotopic (exact) mass is 319 g/mol. The maximum Gasteiger partial charge on any atom is 0.270 e. The SMILES string of the molecule is COc1ccc(C(Cc2ccccc2C)c2cccc(N)[nH+]2)cc1. The zero-order valence-electron chi connectivity index (χ0n) is 14.1. The number of pyridine rings is 1. The Balaban J connectivity index is 2.01. The van der Waals surface area contributed by atoms with Gasteiger partial charge >= 0.3 is 0 Å². The second kappa shape index (κ2) is 7.18. The average Bonchev–Trinajstić information content (AvgIpc) is 2.61. The van der Waals surface area contributed by atoms with Gasteiger partial charge in [0.25, 0.3) is 5.82 Å². The summed E-state index contributed by atoms with van der Waals surface area (Å²) in [5.74, 6) is 1.75. The first-order valence-corrected chi connectivity index (χ1v) is 8.13. The molecule has 122 valence electrons. The van der Waals surface area contributed by atoms with Crippen molar-refractivity contribution in [1.29, 1.82) is 0 Å². The van der Waals surface area contributed by atoms with Gasteiger partial charge in [0.2, 0.25) is 0 Å². The molecule has 2 aromatic carbocycles. The van der Waals surface area contributed by atoms with Gasteiger partial charge in [0.15, 0.2) is 0 Å². The number of hydrogen-bond donors (Lipinski definition) is 1. The van der Waals surface area contributed by atoms with Crippen LogP contribution in [0.25, 0.3) is 0 Å². The summed E-state index contributed by atoms with van der Waals surface area (Å²) in [4.78, 5) is 3.32. The van der Waals surface area contributed by atoms with Crippen LogP contribution in [-0.4, -0.2) is 7.11 Å². The van der Waals surface area contributed by atoms with Crippen molar-refractivity contribution in [3.63, 3.8) is 0 Å². The fourth-order valence-corrected chi connectivity index (χ4v) is 3.01. The minimum absolute atomic E-state index is 0.209. The number of methoxy groups -OCH3 is 1. The number of H-pyrrole nitrogens is 1. The molecule has 0 saturated carbocycles. The molecular formula is C21H23N2O+. The molecule has 1 unspecified atom stereocenters. The van der Waals surface area contributed by atoms with Gasteiger partial charge < -0.3 is 4.74 Å². The Bertz CT molecular complexity index is 812. The van der Waals surface area contributed by atoms with E-state index in [0.29, 0.717) is 5.82 Å². The Hall–Kier alpha value is -2.81. The van der Waals surface area contributed by atoms with Gasteiger partial charge in [-0.05, 0) is 48.2 Å². The van der Waals surface area contributed by atoms with Crippen LogP contribution in [0.15, 0.2) is 66.7 Å². The standard InChI is InChI=1S/C21H22N2O/c1-15-6-3-4-7-17(15)14-19(20-8-5-9-21(22)23-20)16-10-12-18(24-2)13-11-16/h3-13,19H,14H2,1-2H3,(H2,22,23)/p+1. The van der Waals surface area contributed by atoms with E-state index in [9.17, 15) is 0 Å². The Morgan fingerprint density at radius 3 is 2.38 bits per heavy atom. The molecule has 1 heterocycles. The van der Waals surface area contributed by atoms with Gasteiger partial charge in [-0.2, -0.15) is 0 Å². The molecule has 0 aliphatic rings. The number of benzene rings is 2. The predicted molar refractivity (Wildman–Crippen MR) is 97.1 cm³/mol. The molecule has 0 spiro atoms. The molecule has 3 N–H and O–H groups in total. The zero-order chi connectivity index (χ0) is 16.9. The van der Waals surface area contributed by atoms with E-state index in [1.54, 1.807) is 7.11 Å². The molecule has 24 heavy (non-hydrogen) atoms. The number of anilines is 1. The number of nitrogen functional groups attached to an aromatic ring is 1. The van der Waals surface area contributed by atoms with Crippen molar-refractivity contribution in [3.05, 3.63) is 89.1 Å². The van der Waals surface area contributed by atoms with Crippen molar-refractivity contribution in [3.8, 4) is 5.75 Å². The number of aromatic nitrogens is 1. The number of aryl methyl sites for hydroxylation is 1. The lowest BCUT2D eigenvalue weighted by atomic mass is 9.87. The molecule has 0 fully saturated rings. The topological polar surface area (TPSA) is 49.4 Å². The van der Waals surface area contributed by atoms with E-state index in [1.165, 1.54) is 16.7 Å². The number of nitrogens with two attached hydrogens (primary N) is 1. The summed E-state index contributed by atoms with van der Waals surface area (Å²) < 4.78 is 5.28. The van der Waals surface area contributed by atoms with Crippen LogP contribution in [0.3, 0.4) is 0 Å². The lowest BCUT2D eigenvalue weighted by Gasteiger charge is -2.17. The molecule has 0 aliphatic carbocycles. The third-order valence-electron chi connectivity index (χ3n) is 4.42. The first-order valence-electron chi connectivity index (χ1n) is 8.13. The molecule has 3 aromatic rings. The first-order chi connectivity index (χ1) is 11.7. The molecule has 3 heteroatoms. The van der Waals surface area contributed by atoms with Gasteiger partial charge in [-0.25, -0.2) is 4.98 Å². The maximum absolute atomic E-state index is 5.97. The fourth-order valence-electron chi connectivity index (χ4n) is 3.01. The third-order valence-corrected chi connectivity index (χ3v) is 4.42. The van der Waals surface area contributed by atoms with Crippen molar-refractivity contribution >= 4 is 5.82 Å². The maximum atomic E-state index is 5.97. The van der Waals surface area contributed by atoms with Crippen LogP contribution in [0.4, 0.5) is 5.82 Å². The lowest BCUT2D eigenvalue weighted by molar-refractivity contribution is -0.374. The minimum atomic E-state index is 0.209. The van der Waals surface area contributed by atoms with E-state index in [0.717, 1.165) is 17.9 Å². The van der Waals surface area contributed by atoms with Crippen LogP contribution in [0.5, 0.6) is 5.75 Å². The smallest absolute Gasteiger partial charge is 0.270 e. The Morgan fingerprint density at radius 2 is 1.71 bits per heavy atom. The van der Waals surface area contributed by atoms with E-state index in [4.69, 9.17) is 10.5 Å². The van der Waals surface area contributed by atoms with Crippen LogP contribution < -0.4 is 15.5 Å². The molecule has 3 nitrogen and oxygen atoms in total. The van der Waals surface area contributed by atoms with Crippen molar-refractivity contribution in [1.82, 2.24) is 0 Å². The van der Waals surface area contributed by atoms with Crippen LogP contribution >= 0.6 is 0 Å². The highest BCUT2D eigenvalue weighted by molar-refractivity contribution is 5.37. The van der Waals surface area contributed by atoms with Crippen molar-refractivity contribution in [2.45, 2.75) is 19.3 Å². The van der Waals surface area contributed by atoms with E-state index in [2.05, 4.69) is 54.4 Å². The quantitative estimate of drug-likeness (QED) is 0.778. The second-order valence-corrected chi connectivity index (χ2v) is 6.02. The Morgan fingerprint density at radius 1 is 0.958 bits per heavy atom. The largest absolute Gasteiger partial charge is 0.497 e. The van der Waals surface area contributed by atoms with Crippen molar-refractivity contribution < 1.29 is 9.72 Å². The molecule has 0 radical (unpaired) electrons. The van der Waals surface area contributed by atoms with E-state index >= 15 is 0 Å². The van der Waals surface area contributed by atoms with Gasteiger partial charge in [-0.3, -0.25) is 5.73 Å². The Labute approximate surface area is 143 Å². The zero-order valence-corrected chi connectivity index (χ0v) is 14.1. The summed E-state index contributed by atoms with van der Waals surface area (Å²) in [5, 5.41) is 0. The number of nitrogens with one attached hydrogen (secondary N) is 1.